The number of piperidine rings is 1. The van der Waals surface area contributed by atoms with Gasteiger partial charge in [-0.25, -0.2) is 0 Å². The lowest BCUT2D eigenvalue weighted by Gasteiger charge is -2.39. The molecule has 0 radical (unpaired) electrons. The number of hydrogen-bond acceptors (Lipinski definition) is 2. The van der Waals surface area contributed by atoms with E-state index in [-0.39, 0.29) is 0 Å². The van der Waals surface area contributed by atoms with Crippen molar-refractivity contribution < 1.29 is 0 Å². The number of hydrogen-bond donors (Lipinski definition) is 1. The molecule has 100 valence electrons. The van der Waals surface area contributed by atoms with Gasteiger partial charge < -0.3 is 10.2 Å². The lowest BCUT2D eigenvalue weighted by Crippen LogP contribution is -2.47. The summed E-state index contributed by atoms with van der Waals surface area (Å²) in [5.41, 5.74) is 1.37. The van der Waals surface area contributed by atoms with Gasteiger partial charge in [0.15, 0.2) is 0 Å². The molecule has 0 aliphatic carbocycles. The van der Waals surface area contributed by atoms with E-state index >= 15 is 0 Å². The van der Waals surface area contributed by atoms with Crippen LogP contribution in [0, 0.1) is 3.57 Å². The van der Waals surface area contributed by atoms with Crippen LogP contribution in [0.5, 0.6) is 0 Å². The molecule has 2 atom stereocenters. The Kier molecular flexibility index (Phi) is 5.30. The highest BCUT2D eigenvalue weighted by molar-refractivity contribution is 14.1. The van der Waals surface area contributed by atoms with E-state index in [0.29, 0.717) is 12.1 Å². The van der Waals surface area contributed by atoms with E-state index in [0.717, 1.165) is 6.54 Å². The number of benzene rings is 1. The highest BCUT2D eigenvalue weighted by Crippen LogP contribution is 2.25. The Balaban J connectivity index is 1.94. The van der Waals surface area contributed by atoms with Gasteiger partial charge in [0.1, 0.15) is 0 Å². The first-order valence-corrected chi connectivity index (χ1v) is 8.04. The maximum atomic E-state index is 3.65. The first-order chi connectivity index (χ1) is 8.70. The van der Waals surface area contributed by atoms with Gasteiger partial charge in [0.25, 0.3) is 0 Å². The molecular weight excluding hydrogens is 335 g/mol. The Labute approximate surface area is 124 Å². The fourth-order valence-electron chi connectivity index (χ4n) is 2.72. The fraction of sp³-hybridized carbons (Fsp3) is 0.600. The van der Waals surface area contributed by atoms with Crippen molar-refractivity contribution in [3.8, 4) is 0 Å². The summed E-state index contributed by atoms with van der Waals surface area (Å²) in [4.78, 5) is 2.54. The molecule has 0 amide bonds. The molecule has 1 fully saturated rings. The van der Waals surface area contributed by atoms with Crippen LogP contribution in [-0.2, 0) is 0 Å². The minimum Gasteiger partial charge on any atom is -0.369 e. The minimum absolute atomic E-state index is 0.633. The topological polar surface area (TPSA) is 15.3 Å². The van der Waals surface area contributed by atoms with Crippen LogP contribution >= 0.6 is 22.6 Å². The van der Waals surface area contributed by atoms with E-state index in [1.165, 1.54) is 35.1 Å². The van der Waals surface area contributed by atoms with Crippen molar-refractivity contribution in [3.05, 3.63) is 27.8 Å². The molecule has 1 N–H and O–H groups in total. The molecule has 0 bridgehead atoms. The molecule has 18 heavy (non-hydrogen) atoms. The van der Waals surface area contributed by atoms with Crippen molar-refractivity contribution in [1.82, 2.24) is 5.32 Å². The van der Waals surface area contributed by atoms with Crippen LogP contribution in [0.3, 0.4) is 0 Å². The number of nitrogens with zero attached hydrogens (tertiary/aromatic N) is 1. The van der Waals surface area contributed by atoms with Crippen molar-refractivity contribution in [1.29, 1.82) is 0 Å². The van der Waals surface area contributed by atoms with Crippen LogP contribution in [0.1, 0.15) is 33.1 Å². The average Bonchev–Trinajstić information content (AvgIpc) is 2.38. The zero-order valence-corrected chi connectivity index (χ0v) is 13.5. The zero-order chi connectivity index (χ0) is 13.0. The predicted octanol–water partition coefficient (Wildman–Crippen LogP) is 3.65. The van der Waals surface area contributed by atoms with Crippen LogP contribution < -0.4 is 10.2 Å². The Hall–Kier alpha value is -0.290. The first-order valence-electron chi connectivity index (χ1n) is 6.96. The van der Waals surface area contributed by atoms with Gasteiger partial charge in [-0.15, -0.1) is 0 Å². The molecule has 1 heterocycles. The van der Waals surface area contributed by atoms with Crippen LogP contribution in [0.25, 0.3) is 0 Å². The lowest BCUT2D eigenvalue weighted by atomic mass is 9.97. The summed E-state index contributed by atoms with van der Waals surface area (Å²) in [5, 5.41) is 3.65. The third kappa shape index (κ3) is 3.60. The minimum atomic E-state index is 0.633. The molecule has 2 nitrogen and oxygen atoms in total. The molecule has 3 heteroatoms. The Morgan fingerprint density at radius 1 is 1.33 bits per heavy atom. The van der Waals surface area contributed by atoms with E-state index < -0.39 is 0 Å². The molecule has 1 saturated heterocycles. The molecule has 1 aromatic rings. The lowest BCUT2D eigenvalue weighted by molar-refractivity contribution is 0.369. The molecule has 1 aromatic carbocycles. The van der Waals surface area contributed by atoms with Gasteiger partial charge in [0.05, 0.1) is 0 Å². The monoisotopic (exact) mass is 358 g/mol. The summed E-state index contributed by atoms with van der Waals surface area (Å²) in [5.74, 6) is 0. The Morgan fingerprint density at radius 2 is 2.06 bits per heavy atom. The van der Waals surface area contributed by atoms with Gasteiger partial charge >= 0.3 is 0 Å². The molecule has 0 saturated carbocycles. The number of anilines is 1. The Bertz CT molecular complexity index is 363. The van der Waals surface area contributed by atoms with E-state index in [1.807, 2.05) is 0 Å². The first kappa shape index (κ1) is 14.1. The normalized spacial score (nSPS) is 24.3. The summed E-state index contributed by atoms with van der Waals surface area (Å²) in [6.07, 6.45) is 3.74. The van der Waals surface area contributed by atoms with Gasteiger partial charge in [-0.05, 0) is 79.6 Å². The van der Waals surface area contributed by atoms with Crippen molar-refractivity contribution in [2.24, 2.45) is 0 Å². The maximum Gasteiger partial charge on any atom is 0.0369 e. The third-order valence-corrected chi connectivity index (χ3v) is 4.44. The van der Waals surface area contributed by atoms with Gasteiger partial charge in [-0.1, -0.05) is 6.92 Å². The molecule has 1 aliphatic heterocycles. The largest absolute Gasteiger partial charge is 0.369 e. The van der Waals surface area contributed by atoms with Crippen LogP contribution in [0.15, 0.2) is 24.3 Å². The molecule has 1 aliphatic rings. The van der Waals surface area contributed by atoms with Crippen molar-refractivity contribution in [3.63, 3.8) is 0 Å². The number of nitrogens with one attached hydrogen (secondary N) is 1. The summed E-state index contributed by atoms with van der Waals surface area (Å²) in [6.45, 7) is 6.90. The summed E-state index contributed by atoms with van der Waals surface area (Å²) < 4.78 is 1.31. The number of halogens is 1. The van der Waals surface area contributed by atoms with E-state index in [9.17, 15) is 0 Å². The maximum absolute atomic E-state index is 3.65. The molecule has 2 unspecified atom stereocenters. The predicted molar refractivity (Wildman–Crippen MR) is 87.3 cm³/mol. The molecule has 0 aromatic heterocycles. The van der Waals surface area contributed by atoms with Gasteiger partial charge in [-0.3, -0.25) is 0 Å². The average molecular weight is 358 g/mol. The van der Waals surface area contributed by atoms with Crippen molar-refractivity contribution in [2.75, 3.05) is 18.0 Å². The van der Waals surface area contributed by atoms with Gasteiger partial charge in [-0.2, -0.15) is 0 Å². The van der Waals surface area contributed by atoms with Crippen LogP contribution in [0.4, 0.5) is 5.69 Å². The van der Waals surface area contributed by atoms with Crippen LogP contribution in [0.2, 0.25) is 0 Å². The van der Waals surface area contributed by atoms with E-state index in [4.69, 9.17) is 0 Å². The zero-order valence-electron chi connectivity index (χ0n) is 11.3. The Morgan fingerprint density at radius 3 is 2.67 bits per heavy atom. The highest BCUT2D eigenvalue weighted by atomic mass is 127. The molecular formula is C15H23IN2. The number of rotatable bonds is 4. The van der Waals surface area contributed by atoms with E-state index in [1.54, 1.807) is 0 Å². The van der Waals surface area contributed by atoms with E-state index in [2.05, 4.69) is 70.9 Å². The summed E-state index contributed by atoms with van der Waals surface area (Å²) >= 11 is 2.36. The van der Waals surface area contributed by atoms with Crippen molar-refractivity contribution >= 4 is 28.3 Å². The standard InChI is InChI=1S/C15H23IN2/c1-3-9-17-14-8-10-18(12(2)11-14)15-6-4-13(16)5-7-15/h4-7,12,14,17H,3,8-11H2,1-2H3. The third-order valence-electron chi connectivity index (χ3n) is 3.72. The molecule has 0 spiro atoms. The summed E-state index contributed by atoms with van der Waals surface area (Å²) in [6, 6.07) is 10.2. The van der Waals surface area contributed by atoms with Crippen LogP contribution in [-0.4, -0.2) is 25.2 Å². The highest BCUT2D eigenvalue weighted by Gasteiger charge is 2.24. The SMILES string of the molecule is CCCNC1CCN(c2ccc(I)cc2)C(C)C1. The smallest absolute Gasteiger partial charge is 0.0369 e. The fourth-order valence-corrected chi connectivity index (χ4v) is 3.08. The second-order valence-corrected chi connectivity index (χ2v) is 6.44. The second kappa shape index (κ2) is 6.75. The quantitative estimate of drug-likeness (QED) is 0.827. The van der Waals surface area contributed by atoms with Crippen molar-refractivity contribution in [2.45, 2.75) is 45.2 Å². The van der Waals surface area contributed by atoms with Gasteiger partial charge in [0.2, 0.25) is 0 Å². The molecule has 2 rings (SSSR count). The summed E-state index contributed by atoms with van der Waals surface area (Å²) in [7, 11) is 0. The second-order valence-electron chi connectivity index (χ2n) is 5.19. The van der Waals surface area contributed by atoms with Gasteiger partial charge in [0, 0.05) is 27.9 Å².